The second kappa shape index (κ2) is 49.1. The van der Waals surface area contributed by atoms with Gasteiger partial charge < -0.3 is 25.2 Å². The van der Waals surface area contributed by atoms with Gasteiger partial charge in [0.1, 0.15) is 12.1 Å². The normalized spacial score (nSPS) is 14.4. The van der Waals surface area contributed by atoms with Gasteiger partial charge in [-0.2, -0.15) is 0 Å². The summed E-state index contributed by atoms with van der Waals surface area (Å²) >= 11 is 0. The zero-order valence-electron chi connectivity index (χ0n) is 41.1. The van der Waals surface area contributed by atoms with Gasteiger partial charge in [-0.05, 0) is 89.9 Å². The summed E-state index contributed by atoms with van der Waals surface area (Å²) in [5.74, 6) is -1.80. The summed E-state index contributed by atoms with van der Waals surface area (Å²) in [5.41, 5.74) is 5.37. The molecule has 0 rings (SSSR count). The zero-order chi connectivity index (χ0) is 47.6. The van der Waals surface area contributed by atoms with Gasteiger partial charge in [0.05, 0.1) is 19.8 Å². The summed E-state index contributed by atoms with van der Waals surface area (Å²) in [6, 6.07) is -1.48. The van der Waals surface area contributed by atoms with Crippen LogP contribution in [0.5, 0.6) is 0 Å². The third-order valence-corrected chi connectivity index (χ3v) is 11.6. The number of hydrogen-bond acceptors (Lipinski definition) is 8. The first-order valence-electron chi connectivity index (χ1n) is 25.6. The topological polar surface area (TPSA) is 155 Å². The minimum Gasteiger partial charge on any atom is -0.480 e. The maximum Gasteiger partial charge on any atom is 0.472 e. The maximum absolute atomic E-state index is 12.7. The minimum absolute atomic E-state index is 0.00528. The van der Waals surface area contributed by atoms with Gasteiger partial charge in [-0.25, -0.2) is 4.57 Å². The van der Waals surface area contributed by atoms with Crippen LogP contribution in [-0.4, -0.2) is 60.5 Å². The Hall–Kier alpha value is -2.85. The highest BCUT2D eigenvalue weighted by molar-refractivity contribution is 7.47. The number of allylic oxidation sites excluding steroid dienone is 14. The summed E-state index contributed by atoms with van der Waals surface area (Å²) in [5, 5.41) is 8.93. The molecule has 0 radical (unpaired) electrons. The third kappa shape index (κ3) is 48.9. The minimum atomic E-state index is -4.64. The van der Waals surface area contributed by atoms with Gasteiger partial charge in [-0.3, -0.25) is 18.6 Å². The fraction of sp³-hybridized carbons (Fsp3) is 0.704. The van der Waals surface area contributed by atoms with E-state index in [9.17, 15) is 19.0 Å². The van der Waals surface area contributed by atoms with Crippen molar-refractivity contribution in [1.82, 2.24) is 0 Å². The fourth-order valence-electron chi connectivity index (χ4n) is 6.72. The molecule has 0 aromatic carbocycles. The highest BCUT2D eigenvalue weighted by Crippen LogP contribution is 2.43. The van der Waals surface area contributed by atoms with Crippen molar-refractivity contribution < 1.29 is 42.7 Å². The largest absolute Gasteiger partial charge is 0.480 e. The molecule has 11 heteroatoms. The molecule has 0 heterocycles. The molecule has 65 heavy (non-hydrogen) atoms. The molecule has 0 aliphatic carbocycles. The first kappa shape index (κ1) is 62.1. The molecule has 0 amide bonds. The Morgan fingerprint density at radius 3 is 1.34 bits per heavy atom. The number of rotatable bonds is 48. The van der Waals surface area contributed by atoms with Crippen LogP contribution in [0.25, 0.3) is 0 Å². The Labute approximate surface area is 397 Å². The van der Waals surface area contributed by atoms with Crippen LogP contribution in [0.15, 0.2) is 85.1 Å². The van der Waals surface area contributed by atoms with E-state index in [4.69, 9.17) is 29.4 Å². The Balaban J connectivity index is 4.21. The van der Waals surface area contributed by atoms with E-state index >= 15 is 0 Å². The lowest BCUT2D eigenvalue weighted by Gasteiger charge is -2.20. The van der Waals surface area contributed by atoms with E-state index in [2.05, 4.69) is 98.9 Å². The number of esters is 1. The molecular formula is C54H94NO9P. The van der Waals surface area contributed by atoms with Crippen LogP contribution >= 0.6 is 7.82 Å². The monoisotopic (exact) mass is 932 g/mol. The molecule has 0 saturated heterocycles. The standard InChI is InChI=1S/C54H94NO9P/c1-3-5-7-9-11-13-15-17-19-21-23-25-26-27-28-30-32-34-36-38-40-42-44-46-53(56)64-51(49-62-65(59,60)63-50-52(55)54(57)58)48-61-47-45-43-41-39-37-35-33-31-29-24-22-20-18-16-14-12-10-8-6-4-2/h6,8,12,14-15,17-18,20-21,23-24,29,33,35,51-52H,3-5,7,9-11,13,16,19,22,25-28,30-32,34,36-50,55H2,1-2H3,(H,57,58)(H,59,60)/b8-6-,14-12-,17-15-,20-18-,23-21-,29-24-,35-33-. The molecule has 3 unspecified atom stereocenters. The molecule has 4 N–H and O–H groups in total. The third-order valence-electron chi connectivity index (χ3n) is 10.7. The van der Waals surface area contributed by atoms with Crippen LogP contribution in [0.1, 0.15) is 206 Å². The van der Waals surface area contributed by atoms with Gasteiger partial charge in [0.15, 0.2) is 0 Å². The van der Waals surface area contributed by atoms with Crippen molar-refractivity contribution in [3.63, 3.8) is 0 Å². The van der Waals surface area contributed by atoms with Gasteiger partial charge in [0.2, 0.25) is 0 Å². The maximum atomic E-state index is 12.7. The van der Waals surface area contributed by atoms with Crippen molar-refractivity contribution in [1.29, 1.82) is 0 Å². The van der Waals surface area contributed by atoms with E-state index in [1.165, 1.54) is 89.9 Å². The molecule has 0 fully saturated rings. The van der Waals surface area contributed by atoms with Crippen molar-refractivity contribution in [3.8, 4) is 0 Å². The van der Waals surface area contributed by atoms with Crippen LogP contribution in [0, 0.1) is 0 Å². The highest BCUT2D eigenvalue weighted by Gasteiger charge is 2.27. The summed E-state index contributed by atoms with van der Waals surface area (Å²) in [4.78, 5) is 33.7. The van der Waals surface area contributed by atoms with Gasteiger partial charge in [0.25, 0.3) is 0 Å². The number of phosphoric ester groups is 1. The predicted molar refractivity (Wildman–Crippen MR) is 272 cm³/mol. The number of carboxylic acid groups (broad SMARTS) is 1. The molecular weight excluding hydrogens is 838 g/mol. The Morgan fingerprint density at radius 2 is 0.892 bits per heavy atom. The molecule has 0 aliphatic rings. The quantitative estimate of drug-likeness (QED) is 0.0232. The summed E-state index contributed by atoms with van der Waals surface area (Å²) in [7, 11) is -4.64. The molecule has 0 aromatic heterocycles. The molecule has 0 aliphatic heterocycles. The Bertz CT molecular complexity index is 1360. The number of hydrogen-bond donors (Lipinski definition) is 3. The molecule has 3 atom stereocenters. The Morgan fingerprint density at radius 1 is 0.508 bits per heavy atom. The van der Waals surface area contributed by atoms with Crippen molar-refractivity contribution >= 4 is 19.8 Å². The number of phosphoric acid groups is 1. The van der Waals surface area contributed by atoms with Crippen LogP contribution in [0.4, 0.5) is 0 Å². The summed E-state index contributed by atoms with van der Waals surface area (Å²) in [6.07, 6.45) is 63.5. The number of aliphatic carboxylic acids is 1. The van der Waals surface area contributed by atoms with Gasteiger partial charge in [-0.1, -0.05) is 195 Å². The van der Waals surface area contributed by atoms with E-state index in [-0.39, 0.29) is 13.0 Å². The molecule has 374 valence electrons. The molecule has 0 bridgehead atoms. The summed E-state index contributed by atoms with van der Waals surface area (Å²) in [6.45, 7) is 3.70. The van der Waals surface area contributed by atoms with Crippen LogP contribution < -0.4 is 5.73 Å². The van der Waals surface area contributed by atoms with E-state index in [0.29, 0.717) is 13.0 Å². The second-order valence-electron chi connectivity index (χ2n) is 16.9. The van der Waals surface area contributed by atoms with E-state index < -0.39 is 45.1 Å². The lowest BCUT2D eigenvalue weighted by Crippen LogP contribution is -2.34. The number of carboxylic acids is 1. The average molecular weight is 932 g/mol. The van der Waals surface area contributed by atoms with Crippen LogP contribution in [0.3, 0.4) is 0 Å². The number of carbonyl (C=O) groups is 2. The number of unbranched alkanes of at least 4 members (excludes halogenated alkanes) is 20. The molecule has 0 aromatic rings. The lowest BCUT2D eigenvalue weighted by atomic mass is 10.0. The van der Waals surface area contributed by atoms with E-state index in [1.54, 1.807) is 0 Å². The number of carbonyl (C=O) groups excluding carboxylic acids is 1. The molecule has 0 saturated carbocycles. The second-order valence-corrected chi connectivity index (χ2v) is 18.4. The van der Waals surface area contributed by atoms with Crippen molar-refractivity contribution in [2.45, 2.75) is 219 Å². The number of ether oxygens (including phenoxy) is 2. The molecule has 10 nitrogen and oxygen atoms in total. The smallest absolute Gasteiger partial charge is 0.472 e. The average Bonchev–Trinajstić information content (AvgIpc) is 3.29. The Kier molecular flexibility index (Phi) is 46.9. The fourth-order valence-corrected chi connectivity index (χ4v) is 7.50. The summed E-state index contributed by atoms with van der Waals surface area (Å²) < 4.78 is 33.5. The van der Waals surface area contributed by atoms with Crippen LogP contribution in [0.2, 0.25) is 0 Å². The van der Waals surface area contributed by atoms with Crippen molar-refractivity contribution in [3.05, 3.63) is 85.1 Å². The van der Waals surface area contributed by atoms with E-state index in [0.717, 1.165) is 89.9 Å². The van der Waals surface area contributed by atoms with Gasteiger partial charge in [-0.15, -0.1) is 0 Å². The first-order valence-corrected chi connectivity index (χ1v) is 27.1. The molecule has 0 spiro atoms. The SMILES string of the molecule is CC/C=C\C/C=C\C/C=C\C/C=C\C/C=C\CCCCCCOCC(COP(=O)(O)OCC(N)C(=O)O)OC(=O)CCCCCCCCCCCCC/C=C\C/C=C\CCCCCCC. The zero-order valence-corrected chi connectivity index (χ0v) is 42.0. The van der Waals surface area contributed by atoms with E-state index in [1.807, 2.05) is 0 Å². The predicted octanol–water partition coefficient (Wildman–Crippen LogP) is 15.1. The van der Waals surface area contributed by atoms with Crippen molar-refractivity contribution in [2.24, 2.45) is 5.73 Å². The van der Waals surface area contributed by atoms with Gasteiger partial charge in [0, 0.05) is 13.0 Å². The van der Waals surface area contributed by atoms with Gasteiger partial charge >= 0.3 is 19.8 Å². The number of nitrogens with two attached hydrogens (primary N) is 1. The van der Waals surface area contributed by atoms with Crippen LogP contribution in [-0.2, 0) is 32.7 Å². The van der Waals surface area contributed by atoms with Crippen molar-refractivity contribution in [2.75, 3.05) is 26.4 Å². The highest BCUT2D eigenvalue weighted by atomic mass is 31.2. The lowest BCUT2D eigenvalue weighted by molar-refractivity contribution is -0.154. The first-order chi connectivity index (χ1) is 31.7.